The van der Waals surface area contributed by atoms with Gasteiger partial charge in [0, 0.05) is 31.3 Å². The third-order valence-electron chi connectivity index (χ3n) is 2.68. The Morgan fingerprint density at radius 1 is 1.28 bits per heavy atom. The summed E-state index contributed by atoms with van der Waals surface area (Å²) in [5, 5.41) is 3.18. The fourth-order valence-electron chi connectivity index (χ4n) is 1.66. The molecule has 18 heavy (non-hydrogen) atoms. The van der Waals surface area contributed by atoms with Crippen molar-refractivity contribution < 1.29 is 13.5 Å². The molecule has 0 amide bonds. The first-order valence-corrected chi connectivity index (χ1v) is 5.99. The molecule has 0 fully saturated rings. The third-order valence-corrected chi connectivity index (χ3v) is 2.68. The van der Waals surface area contributed by atoms with Crippen molar-refractivity contribution in [3.05, 3.63) is 29.3 Å². The highest BCUT2D eigenvalue weighted by atomic mass is 19.1. The number of halogens is 2. The summed E-state index contributed by atoms with van der Waals surface area (Å²) in [6.45, 7) is 4.91. The zero-order valence-electron chi connectivity index (χ0n) is 11.1. The van der Waals surface area contributed by atoms with Crippen molar-refractivity contribution in [1.82, 2.24) is 10.2 Å². The van der Waals surface area contributed by atoms with E-state index in [0.29, 0.717) is 12.1 Å². The molecule has 3 nitrogen and oxygen atoms in total. The summed E-state index contributed by atoms with van der Waals surface area (Å²) in [6.07, 6.45) is 0. The monoisotopic (exact) mass is 258 g/mol. The standard InChI is InChI=1S/C13H20F2N2O/c1-4-16-5-6-17(2)9-10-7-12(15)13(18-3)8-11(10)14/h7-8,16H,4-6,9H2,1-3H3. The molecule has 0 atom stereocenters. The molecule has 0 aliphatic heterocycles. The molecule has 1 aromatic carbocycles. The van der Waals surface area contributed by atoms with Crippen LogP contribution in [0, 0.1) is 11.6 Å². The van der Waals surface area contributed by atoms with Gasteiger partial charge in [0.15, 0.2) is 11.6 Å². The number of nitrogens with zero attached hydrogens (tertiary/aromatic N) is 1. The fourth-order valence-corrected chi connectivity index (χ4v) is 1.66. The van der Waals surface area contributed by atoms with E-state index >= 15 is 0 Å². The molecule has 0 radical (unpaired) electrons. The SMILES string of the molecule is CCNCCN(C)Cc1cc(F)c(OC)cc1F. The van der Waals surface area contributed by atoms with Gasteiger partial charge in [0.25, 0.3) is 0 Å². The second kappa shape index (κ2) is 7.28. The number of methoxy groups -OCH3 is 1. The average molecular weight is 258 g/mol. The zero-order chi connectivity index (χ0) is 13.5. The molecule has 0 unspecified atom stereocenters. The second-order valence-electron chi connectivity index (χ2n) is 4.17. The van der Waals surface area contributed by atoms with Crippen molar-refractivity contribution in [3.8, 4) is 5.75 Å². The van der Waals surface area contributed by atoms with E-state index in [2.05, 4.69) is 5.32 Å². The predicted octanol–water partition coefficient (Wildman–Crippen LogP) is 2.01. The van der Waals surface area contributed by atoms with Gasteiger partial charge in [-0.3, -0.25) is 0 Å². The van der Waals surface area contributed by atoms with E-state index in [4.69, 9.17) is 4.74 Å². The fraction of sp³-hybridized carbons (Fsp3) is 0.538. The number of benzene rings is 1. The number of nitrogens with one attached hydrogen (secondary N) is 1. The lowest BCUT2D eigenvalue weighted by atomic mass is 10.2. The minimum Gasteiger partial charge on any atom is -0.494 e. The van der Waals surface area contributed by atoms with Gasteiger partial charge in [0.2, 0.25) is 0 Å². The highest BCUT2D eigenvalue weighted by Crippen LogP contribution is 2.21. The number of likely N-dealkylation sites (N-methyl/N-ethyl adjacent to an activating group) is 2. The molecular formula is C13H20F2N2O. The Bertz CT molecular complexity index is 385. The molecule has 0 spiro atoms. The van der Waals surface area contributed by atoms with Crippen molar-refractivity contribution in [2.45, 2.75) is 13.5 Å². The van der Waals surface area contributed by atoms with E-state index in [1.807, 2.05) is 18.9 Å². The van der Waals surface area contributed by atoms with Crippen LogP contribution in [0.4, 0.5) is 8.78 Å². The molecule has 0 saturated carbocycles. The molecule has 1 rings (SSSR count). The summed E-state index contributed by atoms with van der Waals surface area (Å²) in [6, 6.07) is 2.28. The average Bonchev–Trinajstić information content (AvgIpc) is 2.33. The van der Waals surface area contributed by atoms with Crippen molar-refractivity contribution in [1.29, 1.82) is 0 Å². The minimum atomic E-state index is -0.533. The minimum absolute atomic E-state index is 0.0634. The zero-order valence-corrected chi connectivity index (χ0v) is 11.1. The van der Waals surface area contributed by atoms with Crippen LogP contribution in [0.25, 0.3) is 0 Å². The van der Waals surface area contributed by atoms with E-state index in [9.17, 15) is 8.78 Å². The Hall–Kier alpha value is -1.20. The Morgan fingerprint density at radius 3 is 2.61 bits per heavy atom. The van der Waals surface area contributed by atoms with Crippen LogP contribution in [-0.2, 0) is 6.54 Å². The van der Waals surface area contributed by atoms with Gasteiger partial charge in [-0.1, -0.05) is 6.92 Å². The topological polar surface area (TPSA) is 24.5 Å². The number of rotatable bonds is 7. The lowest BCUT2D eigenvalue weighted by Gasteiger charge is -2.17. The van der Waals surface area contributed by atoms with E-state index in [-0.39, 0.29) is 5.75 Å². The highest BCUT2D eigenvalue weighted by molar-refractivity contribution is 5.30. The normalized spacial score (nSPS) is 11.0. The van der Waals surface area contributed by atoms with Gasteiger partial charge < -0.3 is 15.0 Å². The van der Waals surface area contributed by atoms with E-state index in [1.54, 1.807) is 0 Å². The van der Waals surface area contributed by atoms with Crippen LogP contribution >= 0.6 is 0 Å². The van der Waals surface area contributed by atoms with Crippen LogP contribution in [0.5, 0.6) is 5.75 Å². The number of hydrogen-bond donors (Lipinski definition) is 1. The van der Waals surface area contributed by atoms with E-state index < -0.39 is 11.6 Å². The molecule has 1 aromatic rings. The Labute approximate surface area is 107 Å². The van der Waals surface area contributed by atoms with Gasteiger partial charge in [0.1, 0.15) is 5.82 Å². The summed E-state index contributed by atoms with van der Waals surface area (Å²) in [5.74, 6) is -1.04. The van der Waals surface area contributed by atoms with E-state index in [1.165, 1.54) is 13.2 Å². The van der Waals surface area contributed by atoms with Gasteiger partial charge in [-0.2, -0.15) is 0 Å². The van der Waals surface area contributed by atoms with Crippen molar-refractivity contribution >= 4 is 0 Å². The Balaban J connectivity index is 2.64. The van der Waals surface area contributed by atoms with Crippen LogP contribution in [-0.4, -0.2) is 38.7 Å². The Kier molecular flexibility index (Phi) is 6.01. The maximum atomic E-state index is 13.7. The van der Waals surface area contributed by atoms with Crippen LogP contribution in [0.15, 0.2) is 12.1 Å². The van der Waals surface area contributed by atoms with Crippen molar-refractivity contribution in [2.24, 2.45) is 0 Å². The summed E-state index contributed by atoms with van der Waals surface area (Å²) in [4.78, 5) is 1.94. The molecule has 0 heterocycles. The largest absolute Gasteiger partial charge is 0.494 e. The molecule has 0 aliphatic rings. The van der Waals surface area contributed by atoms with Gasteiger partial charge in [-0.05, 0) is 19.7 Å². The van der Waals surface area contributed by atoms with Gasteiger partial charge in [-0.25, -0.2) is 8.78 Å². The highest BCUT2D eigenvalue weighted by Gasteiger charge is 2.11. The molecule has 0 bridgehead atoms. The van der Waals surface area contributed by atoms with Crippen LogP contribution < -0.4 is 10.1 Å². The van der Waals surface area contributed by atoms with Gasteiger partial charge >= 0.3 is 0 Å². The van der Waals surface area contributed by atoms with Crippen molar-refractivity contribution in [3.63, 3.8) is 0 Å². The lowest BCUT2D eigenvalue weighted by Crippen LogP contribution is -2.29. The Morgan fingerprint density at radius 2 is 2.00 bits per heavy atom. The van der Waals surface area contributed by atoms with Crippen molar-refractivity contribution in [2.75, 3.05) is 33.8 Å². The van der Waals surface area contributed by atoms with E-state index in [0.717, 1.165) is 25.7 Å². The molecule has 102 valence electrons. The second-order valence-corrected chi connectivity index (χ2v) is 4.17. The third kappa shape index (κ3) is 4.23. The number of ether oxygens (including phenoxy) is 1. The molecule has 0 saturated heterocycles. The predicted molar refractivity (Wildman–Crippen MR) is 67.8 cm³/mol. The maximum Gasteiger partial charge on any atom is 0.165 e. The smallest absolute Gasteiger partial charge is 0.165 e. The lowest BCUT2D eigenvalue weighted by molar-refractivity contribution is 0.317. The maximum absolute atomic E-state index is 13.7. The first-order valence-electron chi connectivity index (χ1n) is 5.99. The number of hydrogen-bond acceptors (Lipinski definition) is 3. The molecule has 5 heteroatoms. The van der Waals surface area contributed by atoms with Gasteiger partial charge in [0.05, 0.1) is 7.11 Å². The van der Waals surface area contributed by atoms with Crippen LogP contribution in [0.3, 0.4) is 0 Å². The molecule has 1 N–H and O–H groups in total. The summed E-state index contributed by atoms with van der Waals surface area (Å²) < 4.78 is 31.9. The van der Waals surface area contributed by atoms with Crippen LogP contribution in [0.2, 0.25) is 0 Å². The quantitative estimate of drug-likeness (QED) is 0.757. The molecule has 0 aliphatic carbocycles. The summed E-state index contributed by atoms with van der Waals surface area (Å²) in [7, 11) is 3.19. The first-order chi connectivity index (χ1) is 8.58. The molecule has 0 aromatic heterocycles. The first kappa shape index (κ1) is 14.9. The van der Waals surface area contributed by atoms with Gasteiger partial charge in [-0.15, -0.1) is 0 Å². The van der Waals surface area contributed by atoms with Crippen LogP contribution in [0.1, 0.15) is 12.5 Å². The summed E-state index contributed by atoms with van der Waals surface area (Å²) >= 11 is 0. The summed E-state index contributed by atoms with van der Waals surface area (Å²) in [5.41, 5.74) is 0.340. The molecular weight excluding hydrogens is 238 g/mol.